The molecule has 5 heteroatoms. The number of rotatable bonds is 8. The van der Waals surface area contributed by atoms with Gasteiger partial charge >= 0.3 is 0 Å². The van der Waals surface area contributed by atoms with Crippen molar-refractivity contribution in [3.63, 3.8) is 0 Å². The average molecular weight is 363 g/mol. The lowest BCUT2D eigenvalue weighted by atomic mass is 9.94. The Bertz CT molecular complexity index is 572. The van der Waals surface area contributed by atoms with Crippen LogP contribution in [-0.2, 0) is 20.9 Å². The SMILES string of the molecule is CC(C)(C)N(C(=O)CCC(CC(N)=O)OCc1ccccc1)C(C)(C)C. The quantitative estimate of drug-likeness (QED) is 0.767. The van der Waals surface area contributed by atoms with Gasteiger partial charge in [0.25, 0.3) is 0 Å². The molecular weight excluding hydrogens is 328 g/mol. The molecule has 0 spiro atoms. The minimum atomic E-state index is -0.418. The maximum Gasteiger partial charge on any atom is 0.223 e. The molecule has 1 atom stereocenters. The van der Waals surface area contributed by atoms with Crippen LogP contribution in [0.5, 0.6) is 0 Å². The molecule has 1 unspecified atom stereocenters. The largest absolute Gasteiger partial charge is 0.373 e. The van der Waals surface area contributed by atoms with Crippen molar-refractivity contribution >= 4 is 11.8 Å². The van der Waals surface area contributed by atoms with E-state index < -0.39 is 5.91 Å². The molecule has 5 nitrogen and oxygen atoms in total. The summed E-state index contributed by atoms with van der Waals surface area (Å²) in [5, 5.41) is 0. The summed E-state index contributed by atoms with van der Waals surface area (Å²) in [5.41, 5.74) is 5.82. The summed E-state index contributed by atoms with van der Waals surface area (Å²) < 4.78 is 5.87. The highest BCUT2D eigenvalue weighted by molar-refractivity contribution is 5.78. The molecule has 0 saturated heterocycles. The van der Waals surface area contributed by atoms with Crippen molar-refractivity contribution in [1.29, 1.82) is 0 Å². The number of carbonyl (C=O) groups is 2. The molecule has 0 bridgehead atoms. The molecule has 0 radical (unpaired) electrons. The molecule has 0 aliphatic carbocycles. The first-order chi connectivity index (χ1) is 11.9. The summed E-state index contributed by atoms with van der Waals surface area (Å²) in [7, 11) is 0. The molecule has 1 aromatic carbocycles. The van der Waals surface area contributed by atoms with Crippen molar-refractivity contribution in [1.82, 2.24) is 4.90 Å². The molecular formula is C21H34N2O3. The second-order valence-electron chi connectivity index (χ2n) is 8.70. The second kappa shape index (κ2) is 9.17. The number of carbonyl (C=O) groups excluding carboxylic acids is 2. The van der Waals surface area contributed by atoms with E-state index in [4.69, 9.17) is 10.5 Å². The highest BCUT2D eigenvalue weighted by Crippen LogP contribution is 2.26. The van der Waals surface area contributed by atoms with Gasteiger partial charge in [0.1, 0.15) is 0 Å². The minimum Gasteiger partial charge on any atom is -0.373 e. The Hall–Kier alpha value is -1.88. The topological polar surface area (TPSA) is 72.6 Å². The van der Waals surface area contributed by atoms with Gasteiger partial charge in [-0.25, -0.2) is 0 Å². The van der Waals surface area contributed by atoms with Gasteiger partial charge < -0.3 is 15.4 Å². The first-order valence-corrected chi connectivity index (χ1v) is 9.18. The van der Waals surface area contributed by atoms with Gasteiger partial charge in [-0.15, -0.1) is 0 Å². The Balaban J connectivity index is 2.72. The zero-order valence-corrected chi connectivity index (χ0v) is 17.0. The lowest BCUT2D eigenvalue weighted by Crippen LogP contribution is -2.55. The molecule has 0 aromatic heterocycles. The average Bonchev–Trinajstić information content (AvgIpc) is 2.47. The van der Waals surface area contributed by atoms with Crippen molar-refractivity contribution in [2.75, 3.05) is 0 Å². The predicted molar refractivity (Wildman–Crippen MR) is 104 cm³/mol. The third-order valence-electron chi connectivity index (χ3n) is 4.03. The van der Waals surface area contributed by atoms with E-state index in [1.54, 1.807) is 0 Å². The van der Waals surface area contributed by atoms with Crippen molar-refractivity contribution in [3.8, 4) is 0 Å². The van der Waals surface area contributed by atoms with Crippen molar-refractivity contribution < 1.29 is 14.3 Å². The normalized spacial score (nSPS) is 13.3. The number of nitrogens with two attached hydrogens (primary N) is 1. The monoisotopic (exact) mass is 362 g/mol. The van der Waals surface area contributed by atoms with Crippen LogP contribution in [0.15, 0.2) is 30.3 Å². The van der Waals surface area contributed by atoms with Crippen LogP contribution in [-0.4, -0.2) is 33.9 Å². The Morgan fingerprint density at radius 2 is 1.58 bits per heavy atom. The van der Waals surface area contributed by atoms with Crippen LogP contribution in [0.4, 0.5) is 0 Å². The van der Waals surface area contributed by atoms with Crippen LogP contribution in [0.2, 0.25) is 0 Å². The molecule has 0 aliphatic heterocycles. The molecule has 0 aliphatic rings. The van der Waals surface area contributed by atoms with Gasteiger partial charge in [-0.1, -0.05) is 30.3 Å². The van der Waals surface area contributed by atoms with Gasteiger partial charge in [-0.2, -0.15) is 0 Å². The zero-order chi connectivity index (χ0) is 20.0. The second-order valence-corrected chi connectivity index (χ2v) is 8.70. The van der Waals surface area contributed by atoms with E-state index in [-0.39, 0.29) is 29.5 Å². The fraction of sp³-hybridized carbons (Fsp3) is 0.619. The summed E-state index contributed by atoms with van der Waals surface area (Å²) in [6, 6.07) is 9.75. The highest BCUT2D eigenvalue weighted by atomic mass is 16.5. The standard InChI is InChI=1S/C21H34N2O3/c1-20(2,3)23(21(4,5)6)19(25)13-12-17(14-18(22)24)26-15-16-10-8-7-9-11-16/h7-11,17H,12-15H2,1-6H3,(H2,22,24). The van der Waals surface area contributed by atoms with Crippen LogP contribution >= 0.6 is 0 Å². The fourth-order valence-electron chi connectivity index (χ4n) is 3.41. The number of hydrogen-bond acceptors (Lipinski definition) is 3. The van der Waals surface area contributed by atoms with E-state index in [1.807, 2.05) is 76.8 Å². The smallest absolute Gasteiger partial charge is 0.223 e. The number of hydrogen-bond donors (Lipinski definition) is 1. The van der Waals surface area contributed by atoms with Crippen LogP contribution in [0.3, 0.4) is 0 Å². The van der Waals surface area contributed by atoms with Gasteiger partial charge in [0.05, 0.1) is 19.1 Å². The van der Waals surface area contributed by atoms with E-state index >= 15 is 0 Å². The van der Waals surface area contributed by atoms with Crippen LogP contribution in [0.25, 0.3) is 0 Å². The number of primary amides is 1. The lowest BCUT2D eigenvalue weighted by Gasteiger charge is -2.45. The first-order valence-electron chi connectivity index (χ1n) is 9.18. The molecule has 2 N–H and O–H groups in total. The number of nitrogens with zero attached hydrogens (tertiary/aromatic N) is 1. The van der Waals surface area contributed by atoms with E-state index in [1.165, 1.54) is 0 Å². The Morgan fingerprint density at radius 1 is 1.04 bits per heavy atom. The summed E-state index contributed by atoms with van der Waals surface area (Å²) in [6.07, 6.45) is 0.544. The maximum absolute atomic E-state index is 12.9. The minimum absolute atomic E-state index is 0.0581. The van der Waals surface area contributed by atoms with Crippen LogP contribution < -0.4 is 5.73 Å². The molecule has 0 heterocycles. The Kier molecular flexibility index (Phi) is 7.82. The van der Waals surface area contributed by atoms with E-state index in [0.29, 0.717) is 19.4 Å². The van der Waals surface area contributed by atoms with Gasteiger partial charge in [0.2, 0.25) is 11.8 Å². The summed E-state index contributed by atoms with van der Waals surface area (Å²) in [6.45, 7) is 12.6. The van der Waals surface area contributed by atoms with Crippen molar-refractivity contribution in [3.05, 3.63) is 35.9 Å². The van der Waals surface area contributed by atoms with E-state index in [9.17, 15) is 9.59 Å². The molecule has 0 saturated carbocycles. The van der Waals surface area contributed by atoms with Crippen molar-refractivity contribution in [2.45, 2.75) is 84.6 Å². The van der Waals surface area contributed by atoms with E-state index in [2.05, 4.69) is 0 Å². The molecule has 26 heavy (non-hydrogen) atoms. The summed E-state index contributed by atoms with van der Waals surface area (Å²) >= 11 is 0. The number of benzene rings is 1. The van der Waals surface area contributed by atoms with E-state index in [0.717, 1.165) is 5.56 Å². The van der Waals surface area contributed by atoms with Gasteiger partial charge in [-0.05, 0) is 53.5 Å². The maximum atomic E-state index is 12.9. The Morgan fingerprint density at radius 3 is 2.04 bits per heavy atom. The van der Waals surface area contributed by atoms with Gasteiger partial charge in [0, 0.05) is 17.5 Å². The van der Waals surface area contributed by atoms with Gasteiger partial charge in [-0.3, -0.25) is 9.59 Å². The number of ether oxygens (including phenoxy) is 1. The van der Waals surface area contributed by atoms with Gasteiger partial charge in [0.15, 0.2) is 0 Å². The lowest BCUT2D eigenvalue weighted by molar-refractivity contribution is -0.144. The molecule has 2 amide bonds. The third-order valence-corrected chi connectivity index (χ3v) is 4.03. The first kappa shape index (κ1) is 22.2. The highest BCUT2D eigenvalue weighted by Gasteiger charge is 2.35. The molecule has 1 aromatic rings. The zero-order valence-electron chi connectivity index (χ0n) is 17.0. The summed E-state index contributed by atoms with van der Waals surface area (Å²) in [5.74, 6) is -0.359. The molecule has 0 fully saturated rings. The van der Waals surface area contributed by atoms with Crippen LogP contribution in [0.1, 0.15) is 66.4 Å². The summed E-state index contributed by atoms with van der Waals surface area (Å²) in [4.78, 5) is 26.1. The Labute approximate surface area is 157 Å². The number of amides is 2. The third kappa shape index (κ3) is 7.56. The predicted octanol–water partition coefficient (Wildman–Crippen LogP) is 3.65. The fourth-order valence-corrected chi connectivity index (χ4v) is 3.41. The van der Waals surface area contributed by atoms with Crippen molar-refractivity contribution in [2.24, 2.45) is 5.73 Å². The molecule has 146 valence electrons. The van der Waals surface area contributed by atoms with Crippen LogP contribution in [0, 0.1) is 0 Å². The molecule has 1 rings (SSSR count).